The van der Waals surface area contributed by atoms with Gasteiger partial charge in [-0.1, -0.05) is 54.7 Å². The third-order valence-corrected chi connectivity index (χ3v) is 5.79. The van der Waals surface area contributed by atoms with Gasteiger partial charge in [0.25, 0.3) is 0 Å². The predicted octanol–water partition coefficient (Wildman–Crippen LogP) is 2.79. The number of ether oxygens (including phenoxy) is 1. The summed E-state index contributed by atoms with van der Waals surface area (Å²) in [5.74, 6) is 0. The van der Waals surface area contributed by atoms with Crippen molar-refractivity contribution >= 4 is 23.0 Å². The number of thioether (sulfide) groups is 1. The van der Waals surface area contributed by atoms with Crippen LogP contribution in [0, 0.1) is 0 Å². The van der Waals surface area contributed by atoms with E-state index in [0.717, 1.165) is 0 Å². The van der Waals surface area contributed by atoms with Crippen molar-refractivity contribution in [2.24, 2.45) is 7.05 Å². The van der Waals surface area contributed by atoms with E-state index < -0.39 is 18.2 Å². The first kappa shape index (κ1) is 20.2. The van der Waals surface area contributed by atoms with E-state index in [1.807, 2.05) is 18.2 Å². The van der Waals surface area contributed by atoms with Gasteiger partial charge in [0.05, 0.1) is 24.3 Å². The molecule has 1 aliphatic rings. The summed E-state index contributed by atoms with van der Waals surface area (Å²) in [5, 5.41) is 10.7. The van der Waals surface area contributed by atoms with Gasteiger partial charge in [-0.25, -0.2) is 9.78 Å². The highest BCUT2D eigenvalue weighted by Gasteiger charge is 2.42. The standard InChI is InChI=1S/C20H23N3O4S/c1-3-9-27-20(26)23-12-15(28-19(25)14-7-5-4-6-8-14)10-16(23)18(24)17-11-21-13-22(17)2/h3-8,11,13,15-16,18,24H,1,9-10,12H2,2H3/t15-,16-,18?/m0/s1. The van der Waals surface area contributed by atoms with Gasteiger partial charge in [-0.15, -0.1) is 0 Å². The van der Waals surface area contributed by atoms with Gasteiger partial charge in [-0.2, -0.15) is 0 Å². The fraction of sp³-hybridized carbons (Fsp3) is 0.350. The number of carbonyl (C=O) groups is 2. The molecule has 3 rings (SSSR count). The van der Waals surface area contributed by atoms with Crippen molar-refractivity contribution in [3.63, 3.8) is 0 Å². The highest BCUT2D eigenvalue weighted by atomic mass is 32.2. The monoisotopic (exact) mass is 401 g/mol. The molecule has 28 heavy (non-hydrogen) atoms. The zero-order chi connectivity index (χ0) is 20.1. The number of hydrogen-bond acceptors (Lipinski definition) is 6. The highest BCUT2D eigenvalue weighted by Crippen LogP contribution is 2.36. The molecule has 1 N–H and O–H groups in total. The van der Waals surface area contributed by atoms with Crippen molar-refractivity contribution < 1.29 is 19.4 Å². The van der Waals surface area contributed by atoms with E-state index in [9.17, 15) is 14.7 Å². The van der Waals surface area contributed by atoms with Gasteiger partial charge in [0.2, 0.25) is 5.12 Å². The number of amides is 1. The molecule has 8 heteroatoms. The Morgan fingerprint density at radius 1 is 1.43 bits per heavy atom. The minimum Gasteiger partial charge on any atom is -0.445 e. The van der Waals surface area contributed by atoms with E-state index in [1.165, 1.54) is 22.7 Å². The molecular weight excluding hydrogens is 378 g/mol. The first-order chi connectivity index (χ1) is 13.5. The Balaban J connectivity index is 1.76. The van der Waals surface area contributed by atoms with E-state index >= 15 is 0 Å². The number of carbonyl (C=O) groups excluding carboxylic acids is 2. The SMILES string of the molecule is C=CCOC(=O)N1C[C@@H](SC(=O)c2ccccc2)C[C@H]1C(O)c1cncn1C. The van der Waals surface area contributed by atoms with Crippen LogP contribution in [0.4, 0.5) is 4.79 Å². The summed E-state index contributed by atoms with van der Waals surface area (Å²) >= 11 is 1.19. The van der Waals surface area contributed by atoms with Crippen LogP contribution in [0.2, 0.25) is 0 Å². The molecule has 1 unspecified atom stereocenters. The van der Waals surface area contributed by atoms with E-state index in [1.54, 1.807) is 36.3 Å². The molecule has 0 bridgehead atoms. The van der Waals surface area contributed by atoms with Crippen molar-refractivity contribution in [3.05, 3.63) is 66.8 Å². The Kier molecular flexibility index (Phi) is 6.53. The molecule has 3 atom stereocenters. The molecule has 148 valence electrons. The van der Waals surface area contributed by atoms with Crippen molar-refractivity contribution in [2.75, 3.05) is 13.2 Å². The molecule has 0 saturated carbocycles. The Hall–Kier alpha value is -2.58. The molecule has 0 radical (unpaired) electrons. The minimum absolute atomic E-state index is 0.0549. The second-order valence-electron chi connectivity index (χ2n) is 6.59. The number of likely N-dealkylation sites (tertiary alicyclic amines) is 1. The quantitative estimate of drug-likeness (QED) is 0.750. The van der Waals surface area contributed by atoms with Crippen molar-refractivity contribution in [1.82, 2.24) is 14.5 Å². The predicted molar refractivity (Wildman–Crippen MR) is 107 cm³/mol. The molecule has 1 amide bonds. The van der Waals surface area contributed by atoms with E-state index in [-0.39, 0.29) is 17.0 Å². The molecule has 1 aromatic carbocycles. The van der Waals surface area contributed by atoms with E-state index in [0.29, 0.717) is 24.2 Å². The number of benzene rings is 1. The Bertz CT molecular complexity index is 839. The molecule has 2 aromatic rings. The van der Waals surface area contributed by atoms with Gasteiger partial charge in [0.15, 0.2) is 0 Å². The Morgan fingerprint density at radius 2 is 2.18 bits per heavy atom. The Morgan fingerprint density at radius 3 is 2.82 bits per heavy atom. The second-order valence-corrected chi connectivity index (χ2v) is 7.86. The summed E-state index contributed by atoms with van der Waals surface area (Å²) in [6.45, 7) is 3.95. The second kappa shape index (κ2) is 9.07. The average Bonchev–Trinajstić information content (AvgIpc) is 3.32. The fourth-order valence-corrected chi connectivity index (χ4v) is 4.38. The summed E-state index contributed by atoms with van der Waals surface area (Å²) < 4.78 is 6.90. The molecule has 1 fully saturated rings. The molecule has 1 aromatic heterocycles. The van der Waals surface area contributed by atoms with Gasteiger partial charge in [0, 0.05) is 24.4 Å². The third kappa shape index (κ3) is 4.45. The van der Waals surface area contributed by atoms with E-state index in [4.69, 9.17) is 4.74 Å². The fourth-order valence-electron chi connectivity index (χ4n) is 3.28. The summed E-state index contributed by atoms with van der Waals surface area (Å²) in [7, 11) is 1.78. The third-order valence-electron chi connectivity index (χ3n) is 4.67. The van der Waals surface area contributed by atoms with Crippen LogP contribution < -0.4 is 0 Å². The minimum atomic E-state index is -0.929. The van der Waals surface area contributed by atoms with E-state index in [2.05, 4.69) is 11.6 Å². The molecule has 7 nitrogen and oxygen atoms in total. The summed E-state index contributed by atoms with van der Waals surface area (Å²) in [5.41, 5.74) is 1.22. The van der Waals surface area contributed by atoms with Gasteiger partial charge >= 0.3 is 6.09 Å². The lowest BCUT2D eigenvalue weighted by molar-refractivity contribution is 0.0518. The maximum Gasteiger partial charge on any atom is 0.410 e. The summed E-state index contributed by atoms with van der Waals surface area (Å²) in [6, 6.07) is 8.51. The molecule has 0 aliphatic carbocycles. The number of imidazole rings is 1. The van der Waals surface area contributed by atoms with Gasteiger partial charge in [0.1, 0.15) is 12.7 Å². The van der Waals surface area contributed by atoms with Crippen LogP contribution in [0.25, 0.3) is 0 Å². The number of nitrogens with zero attached hydrogens (tertiary/aromatic N) is 3. The highest BCUT2D eigenvalue weighted by molar-refractivity contribution is 8.14. The first-order valence-corrected chi connectivity index (χ1v) is 9.83. The zero-order valence-electron chi connectivity index (χ0n) is 15.6. The van der Waals surface area contributed by atoms with Crippen LogP contribution in [-0.4, -0.2) is 55.2 Å². The molecule has 1 aliphatic heterocycles. The number of aliphatic hydroxyl groups is 1. The maximum atomic E-state index is 12.5. The summed E-state index contributed by atoms with van der Waals surface area (Å²) in [4.78, 5) is 30.6. The number of aryl methyl sites for hydroxylation is 1. The molecule has 0 spiro atoms. The maximum absolute atomic E-state index is 12.5. The van der Waals surface area contributed by atoms with Crippen molar-refractivity contribution in [1.29, 1.82) is 0 Å². The lowest BCUT2D eigenvalue weighted by Crippen LogP contribution is -2.40. The number of rotatable bonds is 6. The molecule has 1 saturated heterocycles. The first-order valence-electron chi connectivity index (χ1n) is 8.96. The van der Waals surface area contributed by atoms with Crippen LogP contribution >= 0.6 is 11.8 Å². The van der Waals surface area contributed by atoms with Crippen molar-refractivity contribution in [2.45, 2.75) is 23.8 Å². The molecule has 2 heterocycles. The van der Waals surface area contributed by atoms with Gasteiger partial charge in [-0.3, -0.25) is 4.79 Å². The van der Waals surface area contributed by atoms with Crippen LogP contribution in [0.5, 0.6) is 0 Å². The van der Waals surface area contributed by atoms with Gasteiger partial charge in [-0.05, 0) is 6.42 Å². The summed E-state index contributed by atoms with van der Waals surface area (Å²) in [6.07, 6.45) is 3.68. The lowest BCUT2D eigenvalue weighted by Gasteiger charge is -2.27. The Labute approximate surface area is 168 Å². The lowest BCUT2D eigenvalue weighted by atomic mass is 10.1. The number of hydrogen-bond donors (Lipinski definition) is 1. The normalized spacial score (nSPS) is 20.0. The molecular formula is C20H23N3O4S. The number of aromatic nitrogens is 2. The largest absolute Gasteiger partial charge is 0.445 e. The van der Waals surface area contributed by atoms with Crippen LogP contribution in [0.1, 0.15) is 28.6 Å². The average molecular weight is 401 g/mol. The topological polar surface area (TPSA) is 84.7 Å². The van der Waals surface area contributed by atoms with Crippen LogP contribution in [0.3, 0.4) is 0 Å². The smallest absolute Gasteiger partial charge is 0.410 e. The van der Waals surface area contributed by atoms with Crippen molar-refractivity contribution in [3.8, 4) is 0 Å². The van der Waals surface area contributed by atoms with Gasteiger partial charge < -0.3 is 19.3 Å². The number of aliphatic hydroxyl groups excluding tert-OH is 1. The zero-order valence-corrected chi connectivity index (χ0v) is 16.4. The van der Waals surface area contributed by atoms with Crippen LogP contribution in [0.15, 0.2) is 55.5 Å². The van der Waals surface area contributed by atoms with Crippen LogP contribution in [-0.2, 0) is 11.8 Å².